The van der Waals surface area contributed by atoms with E-state index in [0.717, 1.165) is 12.8 Å². The number of carbonyl (C=O) groups is 1. The van der Waals surface area contributed by atoms with Crippen LogP contribution in [0.15, 0.2) is 16.5 Å². The van der Waals surface area contributed by atoms with Gasteiger partial charge in [-0.25, -0.2) is 0 Å². The first kappa shape index (κ1) is 9.27. The highest BCUT2D eigenvalue weighted by Crippen LogP contribution is 2.37. The van der Waals surface area contributed by atoms with Gasteiger partial charge in [-0.1, -0.05) is 0 Å². The number of hydrogen-bond acceptors (Lipinski definition) is 4. The first-order valence-corrected chi connectivity index (χ1v) is 5.17. The molecule has 0 saturated heterocycles. The molecule has 2 N–H and O–H groups in total. The van der Waals surface area contributed by atoms with E-state index in [1.54, 1.807) is 0 Å². The predicted molar refractivity (Wildman–Crippen MR) is 56.8 cm³/mol. The smallest absolute Gasteiger partial charge is 0.167 e. The van der Waals surface area contributed by atoms with Crippen LogP contribution < -0.4 is 0 Å². The lowest BCUT2D eigenvalue weighted by Gasteiger charge is -2.07. The summed E-state index contributed by atoms with van der Waals surface area (Å²) in [4.78, 5) is 11.8. The van der Waals surface area contributed by atoms with E-state index < -0.39 is 0 Å². The van der Waals surface area contributed by atoms with E-state index in [1.165, 1.54) is 12.1 Å². The molecule has 1 aromatic heterocycles. The minimum Gasteiger partial charge on any atom is -0.504 e. The summed E-state index contributed by atoms with van der Waals surface area (Å²) in [6, 6.07) is 2.73. The first-order valence-electron chi connectivity index (χ1n) is 5.17. The van der Waals surface area contributed by atoms with Crippen molar-refractivity contribution < 1.29 is 19.4 Å². The maximum Gasteiger partial charge on any atom is 0.167 e. The van der Waals surface area contributed by atoms with Crippen LogP contribution in [0.5, 0.6) is 11.5 Å². The quantitative estimate of drug-likeness (QED) is 0.666. The average Bonchev–Trinajstić information content (AvgIpc) is 2.58. The molecule has 0 amide bonds. The van der Waals surface area contributed by atoms with Gasteiger partial charge in [0.15, 0.2) is 17.3 Å². The molecule has 4 nitrogen and oxygen atoms in total. The van der Waals surface area contributed by atoms with Gasteiger partial charge < -0.3 is 14.6 Å². The van der Waals surface area contributed by atoms with Crippen molar-refractivity contribution in [2.75, 3.05) is 0 Å². The van der Waals surface area contributed by atoms with Gasteiger partial charge in [0.05, 0.1) is 5.56 Å². The summed E-state index contributed by atoms with van der Waals surface area (Å²) in [5.41, 5.74) is 1.02. The number of benzene rings is 1. The van der Waals surface area contributed by atoms with Crippen LogP contribution in [0.1, 0.15) is 29.0 Å². The second-order valence-electron chi connectivity index (χ2n) is 4.01. The second-order valence-corrected chi connectivity index (χ2v) is 4.01. The molecule has 82 valence electrons. The lowest BCUT2D eigenvalue weighted by atomic mass is 9.94. The molecule has 1 aliphatic rings. The number of phenols is 2. The molecular weight excluding hydrogens is 208 g/mol. The monoisotopic (exact) mass is 218 g/mol. The van der Waals surface area contributed by atoms with E-state index in [-0.39, 0.29) is 17.3 Å². The number of Topliss-reactive ketones (excluding diaryl/α,β-unsaturated/α-hetero) is 1. The highest BCUT2D eigenvalue weighted by molar-refractivity contribution is 6.09. The number of rotatable bonds is 0. The van der Waals surface area contributed by atoms with Gasteiger partial charge in [-0.15, -0.1) is 0 Å². The van der Waals surface area contributed by atoms with Gasteiger partial charge in [0.25, 0.3) is 0 Å². The van der Waals surface area contributed by atoms with Crippen molar-refractivity contribution in [3.8, 4) is 11.5 Å². The summed E-state index contributed by atoms with van der Waals surface area (Å²) in [5, 5.41) is 19.4. The largest absolute Gasteiger partial charge is 0.504 e. The summed E-state index contributed by atoms with van der Waals surface area (Å²) in [5.74, 6) is 0.252. The van der Waals surface area contributed by atoms with Crippen molar-refractivity contribution in [2.24, 2.45) is 0 Å². The van der Waals surface area contributed by atoms with Crippen LogP contribution in [-0.2, 0) is 6.42 Å². The minimum absolute atomic E-state index is 0.0464. The fraction of sp³-hybridized carbons (Fsp3) is 0.250. The Morgan fingerprint density at radius 1 is 1.12 bits per heavy atom. The number of aromatic hydroxyl groups is 2. The molecule has 1 aromatic carbocycles. The number of furan rings is 1. The zero-order valence-corrected chi connectivity index (χ0v) is 8.49. The molecule has 16 heavy (non-hydrogen) atoms. The van der Waals surface area contributed by atoms with Gasteiger partial charge in [0.2, 0.25) is 0 Å². The summed E-state index contributed by atoms with van der Waals surface area (Å²) < 4.78 is 5.50. The molecule has 0 bridgehead atoms. The van der Waals surface area contributed by atoms with Crippen molar-refractivity contribution >= 4 is 16.8 Å². The standard InChI is InChI=1S/C12H10O4/c13-7-2-1-3-10-12(7)6-4-8(14)9(15)5-11(6)16-10/h4-5,14-15H,1-3H2. The molecule has 0 aliphatic heterocycles. The fourth-order valence-corrected chi connectivity index (χ4v) is 2.19. The minimum atomic E-state index is -0.231. The Hall–Kier alpha value is -1.97. The van der Waals surface area contributed by atoms with Crippen molar-refractivity contribution in [3.63, 3.8) is 0 Å². The maximum absolute atomic E-state index is 11.8. The van der Waals surface area contributed by atoms with Gasteiger partial charge >= 0.3 is 0 Å². The van der Waals surface area contributed by atoms with Gasteiger partial charge in [0.1, 0.15) is 11.3 Å². The normalized spacial score (nSPS) is 15.4. The molecule has 0 unspecified atom stereocenters. The molecular formula is C12H10O4. The van der Waals surface area contributed by atoms with Crippen LogP contribution in [-0.4, -0.2) is 16.0 Å². The molecule has 0 radical (unpaired) electrons. The topological polar surface area (TPSA) is 70.7 Å². The van der Waals surface area contributed by atoms with Crippen LogP contribution in [0.4, 0.5) is 0 Å². The summed E-state index contributed by atoms with van der Waals surface area (Å²) in [6.07, 6.45) is 2.05. The van der Waals surface area contributed by atoms with Gasteiger partial charge in [-0.3, -0.25) is 4.79 Å². The van der Waals surface area contributed by atoms with Crippen molar-refractivity contribution in [1.29, 1.82) is 0 Å². The summed E-state index contributed by atoms with van der Waals surface area (Å²) in [7, 11) is 0. The number of hydrogen-bond donors (Lipinski definition) is 2. The van der Waals surface area contributed by atoms with E-state index in [1.807, 2.05) is 0 Å². The first-order chi connectivity index (χ1) is 7.66. The van der Waals surface area contributed by atoms with Gasteiger partial charge in [-0.2, -0.15) is 0 Å². The van der Waals surface area contributed by atoms with Crippen molar-refractivity contribution in [3.05, 3.63) is 23.5 Å². The third-order valence-electron chi connectivity index (χ3n) is 2.94. The Morgan fingerprint density at radius 2 is 1.88 bits per heavy atom. The third kappa shape index (κ3) is 1.13. The number of carbonyl (C=O) groups excluding carboxylic acids is 1. The zero-order valence-electron chi connectivity index (χ0n) is 8.49. The van der Waals surface area contributed by atoms with Crippen LogP contribution >= 0.6 is 0 Å². The molecule has 0 spiro atoms. The molecule has 1 aliphatic carbocycles. The van der Waals surface area contributed by atoms with E-state index in [0.29, 0.717) is 28.7 Å². The second kappa shape index (κ2) is 3.01. The van der Waals surface area contributed by atoms with Crippen molar-refractivity contribution in [1.82, 2.24) is 0 Å². The molecule has 1 heterocycles. The predicted octanol–water partition coefficient (Wildman–Crippen LogP) is 2.36. The Balaban J connectivity index is 2.38. The molecule has 0 saturated carbocycles. The number of ketones is 1. The van der Waals surface area contributed by atoms with Crippen LogP contribution in [0.3, 0.4) is 0 Å². The molecule has 2 aromatic rings. The van der Waals surface area contributed by atoms with E-state index in [2.05, 4.69) is 0 Å². The summed E-state index contributed by atoms with van der Waals surface area (Å²) >= 11 is 0. The Kier molecular flexibility index (Phi) is 1.74. The van der Waals surface area contributed by atoms with Crippen molar-refractivity contribution in [2.45, 2.75) is 19.3 Å². The Bertz CT molecular complexity index is 595. The molecule has 3 rings (SSSR count). The third-order valence-corrected chi connectivity index (χ3v) is 2.94. The highest BCUT2D eigenvalue weighted by Gasteiger charge is 2.25. The number of fused-ring (bicyclic) bond motifs is 3. The zero-order chi connectivity index (χ0) is 11.3. The van der Waals surface area contributed by atoms with Gasteiger partial charge in [0, 0.05) is 24.3 Å². The van der Waals surface area contributed by atoms with Crippen LogP contribution in [0.2, 0.25) is 0 Å². The van der Waals surface area contributed by atoms with Crippen LogP contribution in [0, 0.1) is 0 Å². The highest BCUT2D eigenvalue weighted by atomic mass is 16.3. The molecule has 0 atom stereocenters. The average molecular weight is 218 g/mol. The number of aryl methyl sites for hydroxylation is 1. The molecule has 0 fully saturated rings. The SMILES string of the molecule is O=C1CCCc2oc3cc(O)c(O)cc3c21. The van der Waals surface area contributed by atoms with E-state index >= 15 is 0 Å². The van der Waals surface area contributed by atoms with E-state index in [4.69, 9.17) is 4.42 Å². The van der Waals surface area contributed by atoms with E-state index in [9.17, 15) is 15.0 Å². The van der Waals surface area contributed by atoms with Gasteiger partial charge in [-0.05, 0) is 12.5 Å². The lowest BCUT2D eigenvalue weighted by Crippen LogP contribution is -2.08. The maximum atomic E-state index is 11.8. The summed E-state index contributed by atoms with van der Waals surface area (Å²) in [6.45, 7) is 0. The van der Waals surface area contributed by atoms with Crippen LogP contribution in [0.25, 0.3) is 11.0 Å². The molecule has 4 heteroatoms. The Morgan fingerprint density at radius 3 is 2.69 bits per heavy atom. The number of phenolic OH excluding ortho intramolecular Hbond substituents is 2. The fourth-order valence-electron chi connectivity index (χ4n) is 2.19. The Labute approximate surface area is 91.1 Å². The lowest BCUT2D eigenvalue weighted by molar-refractivity contribution is 0.0971.